The van der Waals surface area contributed by atoms with E-state index in [0.717, 1.165) is 5.56 Å². The number of hydrogen-bond donors (Lipinski definition) is 1. The van der Waals surface area contributed by atoms with Crippen LogP contribution in [0.15, 0.2) is 18.2 Å². The number of ether oxygens (including phenoxy) is 1. The number of phenols is 1. The number of phenolic OH excluding ortho intramolecular Hbond substituents is 1. The molecule has 0 fully saturated rings. The van der Waals surface area contributed by atoms with Crippen molar-refractivity contribution in [3.05, 3.63) is 23.8 Å². The quantitative estimate of drug-likeness (QED) is 0.755. The van der Waals surface area contributed by atoms with E-state index in [4.69, 9.17) is 4.74 Å². The summed E-state index contributed by atoms with van der Waals surface area (Å²) in [6.07, 6.45) is 0.423. The van der Waals surface area contributed by atoms with Crippen molar-refractivity contribution in [2.45, 2.75) is 6.42 Å². The first-order chi connectivity index (χ1) is 6.63. The molecule has 0 radical (unpaired) electrons. The van der Waals surface area contributed by atoms with Crippen LogP contribution in [0.5, 0.6) is 11.5 Å². The van der Waals surface area contributed by atoms with Crippen molar-refractivity contribution < 1.29 is 18.6 Å². The third-order valence-corrected chi connectivity index (χ3v) is 2.34. The zero-order chi connectivity index (χ0) is 10.6. The monoisotopic (exact) mass is 215 g/mol. The van der Waals surface area contributed by atoms with Crippen molar-refractivity contribution >= 4 is 11.1 Å². The molecule has 0 aliphatic rings. The Bertz CT molecular complexity index is 338. The highest BCUT2D eigenvalue weighted by atomic mass is 32.2. The number of methoxy groups -OCH3 is 1. The van der Waals surface area contributed by atoms with Crippen molar-refractivity contribution in [3.8, 4) is 11.5 Å². The van der Waals surface area contributed by atoms with Crippen LogP contribution in [0.4, 0.5) is 0 Å². The number of benzene rings is 1. The second-order valence-corrected chi connectivity index (χ2v) is 3.78. The lowest BCUT2D eigenvalue weighted by Gasteiger charge is -2.07. The lowest BCUT2D eigenvalue weighted by atomic mass is 10.1. The van der Waals surface area contributed by atoms with Crippen LogP contribution >= 0.6 is 0 Å². The van der Waals surface area contributed by atoms with Gasteiger partial charge in [-0.15, -0.1) is 0 Å². The molecule has 1 aromatic carbocycles. The zero-order valence-corrected chi connectivity index (χ0v) is 8.54. The van der Waals surface area contributed by atoms with Crippen LogP contribution in [0.1, 0.15) is 5.56 Å². The molecule has 0 saturated heterocycles. The van der Waals surface area contributed by atoms with Crippen molar-refractivity contribution in [2.24, 2.45) is 0 Å². The molecule has 0 saturated carbocycles. The lowest BCUT2D eigenvalue weighted by Crippen LogP contribution is -1.99. The number of aromatic hydroxyl groups is 1. The number of aryl methyl sites for hydroxylation is 1. The Hall–Kier alpha value is -1.07. The molecule has 14 heavy (non-hydrogen) atoms. The van der Waals surface area contributed by atoms with Gasteiger partial charge in [0.2, 0.25) is 0 Å². The maximum atomic E-state index is 10.3. The number of hydrogen-bond acceptors (Lipinski definition) is 4. The van der Waals surface area contributed by atoms with Crippen LogP contribution in [0.2, 0.25) is 0 Å². The zero-order valence-electron chi connectivity index (χ0n) is 7.73. The molecule has 0 heterocycles. The highest BCUT2D eigenvalue weighted by Gasteiger charge is 2.02. The first-order valence-electron chi connectivity index (χ1n) is 4.05. The van der Waals surface area contributed by atoms with Crippen LogP contribution in [-0.2, 0) is 17.5 Å². The van der Waals surface area contributed by atoms with Gasteiger partial charge in [-0.25, -0.2) is 0 Å². The van der Waals surface area contributed by atoms with Crippen molar-refractivity contribution in [1.29, 1.82) is 0 Å². The van der Waals surface area contributed by atoms with E-state index in [2.05, 4.69) is 0 Å². The second-order valence-electron chi connectivity index (χ2n) is 2.76. The molecule has 4 nitrogen and oxygen atoms in total. The van der Waals surface area contributed by atoms with Gasteiger partial charge in [0.15, 0.2) is 11.5 Å². The van der Waals surface area contributed by atoms with Crippen molar-refractivity contribution in [1.82, 2.24) is 0 Å². The summed E-state index contributed by atoms with van der Waals surface area (Å²) in [5.74, 6) is 0.493. The molecule has 0 aromatic heterocycles. The van der Waals surface area contributed by atoms with Gasteiger partial charge >= 0.3 is 0 Å². The minimum absolute atomic E-state index is 0.0551. The summed E-state index contributed by atoms with van der Waals surface area (Å²) in [7, 11) is 1.45. The van der Waals surface area contributed by atoms with E-state index in [1.807, 2.05) is 0 Å². The van der Waals surface area contributed by atoms with E-state index in [1.54, 1.807) is 12.1 Å². The fourth-order valence-corrected chi connectivity index (χ4v) is 1.48. The standard InChI is InChI=1S/C9H12O4S/c1-13-9-6-7(2-3-8(9)10)4-5-14(11)12/h2-3,6,10H,4-5H2,1H3,(H,11,12)/p-1. The van der Waals surface area contributed by atoms with E-state index in [0.29, 0.717) is 12.2 Å². The van der Waals surface area contributed by atoms with Crippen LogP contribution in [0, 0.1) is 0 Å². The average molecular weight is 215 g/mol. The molecule has 0 bridgehead atoms. The van der Waals surface area contributed by atoms with Crippen molar-refractivity contribution in [2.75, 3.05) is 12.9 Å². The first kappa shape index (κ1) is 11.0. The van der Waals surface area contributed by atoms with Gasteiger partial charge in [-0.3, -0.25) is 4.21 Å². The Morgan fingerprint density at radius 2 is 2.29 bits per heavy atom. The van der Waals surface area contributed by atoms with Gasteiger partial charge in [0.05, 0.1) is 7.11 Å². The van der Waals surface area contributed by atoms with Crippen LogP contribution in [0.3, 0.4) is 0 Å². The van der Waals surface area contributed by atoms with Gasteiger partial charge in [0.25, 0.3) is 0 Å². The molecule has 1 aromatic rings. The van der Waals surface area contributed by atoms with Gasteiger partial charge in [0.1, 0.15) is 0 Å². The van der Waals surface area contributed by atoms with Gasteiger partial charge < -0.3 is 14.4 Å². The van der Waals surface area contributed by atoms with E-state index in [9.17, 15) is 13.9 Å². The third-order valence-electron chi connectivity index (χ3n) is 1.80. The Kier molecular flexibility index (Phi) is 3.91. The molecule has 0 aliphatic heterocycles. The van der Waals surface area contributed by atoms with Crippen LogP contribution in [0.25, 0.3) is 0 Å². The lowest BCUT2D eigenvalue weighted by molar-refractivity contribution is 0.373. The predicted molar refractivity (Wildman–Crippen MR) is 52.1 cm³/mol. The maximum absolute atomic E-state index is 10.3. The molecular weight excluding hydrogens is 204 g/mol. The van der Waals surface area contributed by atoms with E-state index >= 15 is 0 Å². The van der Waals surface area contributed by atoms with E-state index < -0.39 is 11.1 Å². The molecular formula is C9H11O4S-. The van der Waals surface area contributed by atoms with Gasteiger partial charge in [0, 0.05) is 5.75 Å². The summed E-state index contributed by atoms with van der Waals surface area (Å²) >= 11 is -2.03. The largest absolute Gasteiger partial charge is 0.772 e. The molecule has 0 spiro atoms. The maximum Gasteiger partial charge on any atom is 0.160 e. The fourth-order valence-electron chi connectivity index (χ4n) is 1.08. The molecule has 0 aliphatic carbocycles. The fraction of sp³-hybridized carbons (Fsp3) is 0.333. The van der Waals surface area contributed by atoms with E-state index in [1.165, 1.54) is 13.2 Å². The van der Waals surface area contributed by atoms with Crippen molar-refractivity contribution in [3.63, 3.8) is 0 Å². The minimum atomic E-state index is -2.03. The summed E-state index contributed by atoms with van der Waals surface area (Å²) < 4.78 is 25.5. The predicted octanol–water partition coefficient (Wildman–Crippen LogP) is 0.822. The summed E-state index contributed by atoms with van der Waals surface area (Å²) in [5, 5.41) is 9.27. The normalized spacial score (nSPS) is 12.4. The molecule has 0 amide bonds. The summed E-state index contributed by atoms with van der Waals surface area (Å²) in [6.45, 7) is 0. The molecule has 78 valence electrons. The Morgan fingerprint density at radius 1 is 1.57 bits per heavy atom. The Balaban J connectivity index is 2.74. The minimum Gasteiger partial charge on any atom is -0.772 e. The molecule has 1 rings (SSSR count). The van der Waals surface area contributed by atoms with Gasteiger partial charge in [-0.05, 0) is 24.1 Å². The second kappa shape index (κ2) is 4.97. The highest BCUT2D eigenvalue weighted by molar-refractivity contribution is 7.79. The van der Waals surface area contributed by atoms with Gasteiger partial charge in [-0.2, -0.15) is 0 Å². The topological polar surface area (TPSA) is 69.6 Å². The molecule has 1 unspecified atom stereocenters. The molecule has 5 heteroatoms. The van der Waals surface area contributed by atoms with Gasteiger partial charge in [-0.1, -0.05) is 17.1 Å². The average Bonchev–Trinajstić information content (AvgIpc) is 2.16. The Morgan fingerprint density at radius 3 is 2.86 bits per heavy atom. The van der Waals surface area contributed by atoms with Crippen LogP contribution < -0.4 is 4.74 Å². The van der Waals surface area contributed by atoms with Crippen LogP contribution in [-0.4, -0.2) is 26.7 Å². The summed E-state index contributed by atoms with van der Waals surface area (Å²) in [4.78, 5) is 0. The third kappa shape index (κ3) is 3.01. The summed E-state index contributed by atoms with van der Waals surface area (Å²) in [5.41, 5.74) is 0.823. The van der Waals surface area contributed by atoms with E-state index in [-0.39, 0.29) is 11.5 Å². The first-order valence-corrected chi connectivity index (χ1v) is 5.29. The Labute approximate surface area is 84.8 Å². The molecule has 1 N–H and O–H groups in total. The SMILES string of the molecule is COc1cc(CCS(=O)[O-])ccc1O. The number of rotatable bonds is 4. The molecule has 1 atom stereocenters. The smallest absolute Gasteiger partial charge is 0.160 e. The highest BCUT2D eigenvalue weighted by Crippen LogP contribution is 2.26. The summed E-state index contributed by atoms with van der Waals surface area (Å²) in [6, 6.07) is 4.79.